The van der Waals surface area contributed by atoms with Crippen molar-refractivity contribution in [3.05, 3.63) is 28.8 Å². The Morgan fingerprint density at radius 3 is 2.22 bits per heavy atom. The highest BCUT2D eigenvalue weighted by atomic mass is 32.2. The Labute approximate surface area is 137 Å². The predicted molar refractivity (Wildman–Crippen MR) is 89.4 cm³/mol. The third-order valence-corrected chi connectivity index (χ3v) is 4.45. The van der Waals surface area contributed by atoms with E-state index in [2.05, 4.69) is 5.32 Å². The van der Waals surface area contributed by atoms with Gasteiger partial charge in [0.25, 0.3) is 0 Å². The molecule has 0 aliphatic carbocycles. The SMILES string of the molecule is Cc1cc(C)c(N(CC(O)CNCC(=O)O)S(C)(=O)=O)c(C)c1. The summed E-state index contributed by atoms with van der Waals surface area (Å²) in [5.41, 5.74) is 3.19. The molecular formula is C15H24N2O5S. The van der Waals surface area contributed by atoms with Gasteiger partial charge >= 0.3 is 5.97 Å². The number of hydrogen-bond donors (Lipinski definition) is 3. The number of carboxylic acids is 1. The third kappa shape index (κ3) is 5.81. The maximum absolute atomic E-state index is 12.1. The second-order valence-electron chi connectivity index (χ2n) is 5.72. The van der Waals surface area contributed by atoms with E-state index >= 15 is 0 Å². The minimum Gasteiger partial charge on any atom is -0.480 e. The maximum Gasteiger partial charge on any atom is 0.317 e. The van der Waals surface area contributed by atoms with Gasteiger partial charge in [-0.15, -0.1) is 0 Å². The van der Waals surface area contributed by atoms with Crippen molar-refractivity contribution in [2.45, 2.75) is 26.9 Å². The Morgan fingerprint density at radius 1 is 1.26 bits per heavy atom. The zero-order chi connectivity index (χ0) is 17.8. The van der Waals surface area contributed by atoms with Gasteiger partial charge in [-0.1, -0.05) is 17.7 Å². The summed E-state index contributed by atoms with van der Waals surface area (Å²) in [6.07, 6.45) is 0.0625. The molecule has 0 saturated heterocycles. The van der Waals surface area contributed by atoms with Crippen molar-refractivity contribution in [3.63, 3.8) is 0 Å². The number of aryl methyl sites for hydroxylation is 3. The molecular weight excluding hydrogens is 320 g/mol. The molecule has 0 aliphatic heterocycles. The minimum atomic E-state index is -3.58. The van der Waals surface area contributed by atoms with Gasteiger partial charge in [0.2, 0.25) is 10.0 Å². The first-order valence-corrected chi connectivity index (χ1v) is 9.03. The molecule has 23 heavy (non-hydrogen) atoms. The van der Waals surface area contributed by atoms with Crippen LogP contribution in [0.4, 0.5) is 5.69 Å². The van der Waals surface area contributed by atoms with E-state index in [9.17, 15) is 18.3 Å². The molecule has 0 aromatic heterocycles. The van der Waals surface area contributed by atoms with Gasteiger partial charge in [0.1, 0.15) is 0 Å². The summed E-state index contributed by atoms with van der Waals surface area (Å²) in [7, 11) is -3.58. The number of aliphatic carboxylic acids is 1. The van der Waals surface area contributed by atoms with Gasteiger partial charge in [-0.05, 0) is 31.9 Å². The van der Waals surface area contributed by atoms with Crippen LogP contribution in [0.2, 0.25) is 0 Å². The van der Waals surface area contributed by atoms with Crippen molar-refractivity contribution in [2.24, 2.45) is 0 Å². The number of carboxylic acid groups (broad SMARTS) is 1. The summed E-state index contributed by atoms with van der Waals surface area (Å²) in [6, 6.07) is 3.77. The molecule has 8 heteroatoms. The molecule has 0 heterocycles. The third-order valence-electron chi connectivity index (χ3n) is 3.32. The summed E-state index contributed by atoms with van der Waals surface area (Å²) in [4.78, 5) is 10.5. The average molecular weight is 344 g/mol. The number of carbonyl (C=O) groups is 1. The molecule has 0 bridgehead atoms. The highest BCUT2D eigenvalue weighted by molar-refractivity contribution is 7.92. The lowest BCUT2D eigenvalue weighted by atomic mass is 10.0. The van der Waals surface area contributed by atoms with Gasteiger partial charge in [0.05, 0.1) is 31.1 Å². The van der Waals surface area contributed by atoms with Crippen LogP contribution in [0.1, 0.15) is 16.7 Å². The largest absolute Gasteiger partial charge is 0.480 e. The van der Waals surface area contributed by atoms with Gasteiger partial charge < -0.3 is 15.5 Å². The molecule has 130 valence electrons. The fourth-order valence-corrected chi connectivity index (χ4v) is 3.62. The van der Waals surface area contributed by atoms with E-state index in [0.717, 1.165) is 22.9 Å². The summed E-state index contributed by atoms with van der Waals surface area (Å²) in [5.74, 6) is -1.04. The van der Waals surface area contributed by atoms with Crippen LogP contribution in [0, 0.1) is 20.8 Å². The number of nitrogens with one attached hydrogen (secondary N) is 1. The quantitative estimate of drug-likeness (QED) is 0.631. The average Bonchev–Trinajstić information content (AvgIpc) is 2.34. The normalized spacial score (nSPS) is 12.9. The number of hydrogen-bond acceptors (Lipinski definition) is 5. The molecule has 0 amide bonds. The summed E-state index contributed by atoms with van der Waals surface area (Å²) >= 11 is 0. The van der Waals surface area contributed by atoms with E-state index in [0.29, 0.717) is 5.69 Å². The Kier molecular flexibility index (Phi) is 6.55. The van der Waals surface area contributed by atoms with Crippen LogP contribution in [0.25, 0.3) is 0 Å². The number of benzene rings is 1. The number of sulfonamides is 1. The van der Waals surface area contributed by atoms with E-state index in [4.69, 9.17) is 5.11 Å². The van der Waals surface area contributed by atoms with Crippen LogP contribution < -0.4 is 9.62 Å². The van der Waals surface area contributed by atoms with Gasteiger partial charge in [-0.3, -0.25) is 9.10 Å². The fourth-order valence-electron chi connectivity index (χ4n) is 2.56. The van der Waals surface area contributed by atoms with Crippen LogP contribution in [0.3, 0.4) is 0 Å². The molecule has 1 aromatic rings. The molecule has 0 aliphatic rings. The van der Waals surface area contributed by atoms with E-state index in [1.165, 1.54) is 4.31 Å². The second-order valence-corrected chi connectivity index (χ2v) is 7.63. The number of anilines is 1. The zero-order valence-corrected chi connectivity index (χ0v) is 14.6. The van der Waals surface area contributed by atoms with Crippen LogP contribution >= 0.6 is 0 Å². The highest BCUT2D eigenvalue weighted by Crippen LogP contribution is 2.28. The molecule has 0 radical (unpaired) electrons. The number of aliphatic hydroxyl groups is 1. The Balaban J connectivity index is 3.02. The van der Waals surface area contributed by atoms with Crippen molar-refractivity contribution in [3.8, 4) is 0 Å². The van der Waals surface area contributed by atoms with Crippen molar-refractivity contribution < 1.29 is 23.4 Å². The smallest absolute Gasteiger partial charge is 0.317 e. The standard InChI is InChI=1S/C15H24N2O5S/c1-10-5-11(2)15(12(3)6-10)17(23(4,21)22)9-13(18)7-16-8-14(19)20/h5-6,13,16,18H,7-9H2,1-4H3,(H,19,20). The molecule has 3 N–H and O–H groups in total. The lowest BCUT2D eigenvalue weighted by molar-refractivity contribution is -0.136. The number of rotatable bonds is 8. The lowest BCUT2D eigenvalue weighted by Gasteiger charge is -2.28. The predicted octanol–water partition coefficient (Wildman–Crippen LogP) is 0.413. The van der Waals surface area contributed by atoms with E-state index in [-0.39, 0.29) is 19.6 Å². The van der Waals surface area contributed by atoms with Crippen LogP contribution in [-0.4, -0.2) is 56.6 Å². The Morgan fingerprint density at radius 2 is 1.78 bits per heavy atom. The van der Waals surface area contributed by atoms with Crippen LogP contribution in [0.15, 0.2) is 12.1 Å². The zero-order valence-electron chi connectivity index (χ0n) is 13.8. The van der Waals surface area contributed by atoms with Gasteiger partial charge in [0.15, 0.2) is 0 Å². The lowest BCUT2D eigenvalue weighted by Crippen LogP contribution is -2.42. The molecule has 1 atom stereocenters. The van der Waals surface area contributed by atoms with Crippen LogP contribution in [0.5, 0.6) is 0 Å². The van der Waals surface area contributed by atoms with Gasteiger partial charge in [-0.2, -0.15) is 0 Å². The molecule has 7 nitrogen and oxygen atoms in total. The molecule has 0 fully saturated rings. The summed E-state index contributed by atoms with van der Waals surface area (Å²) in [6.45, 7) is 5.13. The number of aliphatic hydroxyl groups excluding tert-OH is 1. The van der Waals surface area contributed by atoms with Crippen molar-refractivity contribution in [2.75, 3.05) is 30.2 Å². The maximum atomic E-state index is 12.1. The first kappa shape index (κ1) is 19.4. The molecule has 0 saturated carbocycles. The topological polar surface area (TPSA) is 107 Å². The summed E-state index contributed by atoms with van der Waals surface area (Å²) < 4.78 is 25.4. The second kappa shape index (κ2) is 7.76. The van der Waals surface area contributed by atoms with E-state index < -0.39 is 22.1 Å². The summed E-state index contributed by atoms with van der Waals surface area (Å²) in [5, 5.41) is 21.2. The monoisotopic (exact) mass is 344 g/mol. The number of nitrogens with zero attached hydrogens (tertiary/aromatic N) is 1. The van der Waals surface area contributed by atoms with Crippen molar-refractivity contribution in [1.82, 2.24) is 5.32 Å². The van der Waals surface area contributed by atoms with Crippen molar-refractivity contribution in [1.29, 1.82) is 0 Å². The molecule has 1 unspecified atom stereocenters. The van der Waals surface area contributed by atoms with Crippen LogP contribution in [-0.2, 0) is 14.8 Å². The van der Waals surface area contributed by atoms with E-state index in [1.807, 2.05) is 32.9 Å². The molecule has 1 rings (SSSR count). The molecule has 1 aromatic carbocycles. The highest BCUT2D eigenvalue weighted by Gasteiger charge is 2.24. The van der Waals surface area contributed by atoms with E-state index in [1.54, 1.807) is 0 Å². The Hall–Kier alpha value is -1.64. The molecule has 0 spiro atoms. The van der Waals surface area contributed by atoms with Gasteiger partial charge in [-0.25, -0.2) is 8.42 Å². The first-order valence-electron chi connectivity index (χ1n) is 7.18. The minimum absolute atomic E-state index is 0.0116. The van der Waals surface area contributed by atoms with Crippen molar-refractivity contribution >= 4 is 21.7 Å². The van der Waals surface area contributed by atoms with Gasteiger partial charge in [0, 0.05) is 6.54 Å². The Bertz CT molecular complexity index is 649. The fraction of sp³-hybridized carbons (Fsp3) is 0.533. The first-order chi connectivity index (χ1) is 10.5.